The number of rotatable bonds is 24. The molecule has 432 valence electrons. The molecule has 0 heterocycles. The topological polar surface area (TPSA) is 261 Å². The summed E-state index contributed by atoms with van der Waals surface area (Å²) in [5, 5.41) is 27.0. The first-order chi connectivity index (χ1) is 31.5. The van der Waals surface area contributed by atoms with Gasteiger partial charge in [0.25, 0.3) is 0 Å². The molecule has 0 spiro atoms. The second-order valence-electron chi connectivity index (χ2n) is 15.1. The molecule has 0 unspecified atom stereocenters. The summed E-state index contributed by atoms with van der Waals surface area (Å²) in [6.07, 6.45) is 14.1. The van der Waals surface area contributed by atoms with Crippen molar-refractivity contribution in [2.24, 2.45) is 0 Å². The van der Waals surface area contributed by atoms with E-state index < -0.39 is 6.16 Å². The van der Waals surface area contributed by atoms with Crippen molar-refractivity contribution in [1.82, 2.24) is 31.1 Å². The van der Waals surface area contributed by atoms with Crippen molar-refractivity contribution in [2.75, 3.05) is 134 Å². The van der Waals surface area contributed by atoms with E-state index in [1.54, 1.807) is 28.2 Å². The number of nitrogens with one attached hydrogen (secondary N) is 6. The molecule has 0 saturated heterocycles. The van der Waals surface area contributed by atoms with Crippen molar-refractivity contribution in [3.63, 3.8) is 0 Å². The van der Waals surface area contributed by atoms with Crippen LogP contribution in [0.5, 0.6) is 0 Å². The maximum absolute atomic E-state index is 10.6. The molecule has 0 radical (unpaired) electrons. The normalized spacial score (nSPS) is 8.45. The summed E-state index contributed by atoms with van der Waals surface area (Å²) in [5.41, 5.74) is 0. The number of carbonyl (C=O) groups excluding carboxylic acids is 7. The van der Waals surface area contributed by atoms with Gasteiger partial charge in [-0.25, -0.2) is 0 Å². The fraction of sp³-hybridized carbons (Fsp3) is 0.870. The van der Waals surface area contributed by atoms with E-state index in [0.717, 1.165) is 101 Å². The summed E-state index contributed by atoms with van der Waals surface area (Å²) >= 11 is 21.5. The Morgan fingerprint density at radius 2 is 0.634 bits per heavy atom. The van der Waals surface area contributed by atoms with Crippen LogP contribution >= 0.6 is 46.4 Å². The van der Waals surface area contributed by atoms with Crippen LogP contribution in [-0.2, 0) is 28.8 Å². The molecule has 0 atom stereocenters. The number of nitrogens with zero attached hydrogens (tertiary/aromatic N) is 2. The molecular weight excluding hydrogens is 1080 g/mol. The van der Waals surface area contributed by atoms with Crippen LogP contribution in [0, 0.1) is 0 Å². The maximum Gasteiger partial charge on any atom is 2.00 e. The van der Waals surface area contributed by atoms with Crippen molar-refractivity contribution in [3.8, 4) is 0 Å². The third-order valence-electron chi connectivity index (χ3n) is 7.40. The Hall–Kier alpha value is -0.670. The minimum Gasteiger partial charge on any atom is -1.00 e. The molecule has 0 aliphatic heterocycles. The summed E-state index contributed by atoms with van der Waals surface area (Å²) in [7, 11) is 23.1. The first-order valence-corrected chi connectivity index (χ1v) is 25.4. The molecule has 0 aliphatic carbocycles. The molecule has 4 amide bonds. The number of quaternary nitrogens is 2. The number of hydrogen-bond donors (Lipinski definition) is 6. The van der Waals surface area contributed by atoms with Gasteiger partial charge in [0.05, 0.1) is 53.0 Å². The van der Waals surface area contributed by atoms with E-state index in [1.807, 2.05) is 38.0 Å². The molecule has 0 bridgehead atoms. The van der Waals surface area contributed by atoms with E-state index >= 15 is 0 Å². The molecule has 8 N–H and O–H groups in total. The minimum absolute atomic E-state index is 0. The molecule has 18 nitrogen and oxygen atoms in total. The van der Waals surface area contributed by atoms with Gasteiger partial charge in [0.2, 0.25) is 23.6 Å². The van der Waals surface area contributed by atoms with Crippen LogP contribution in [0.2, 0.25) is 0 Å². The molecular formula is C46H104CaCl6N8O10. The predicted molar refractivity (Wildman–Crippen MR) is 288 cm³/mol. The van der Waals surface area contributed by atoms with Crippen LogP contribution < -0.4 is 66.1 Å². The van der Waals surface area contributed by atoms with E-state index in [2.05, 4.69) is 77.2 Å². The standard InChI is InChI=1S/4C7H15NO.4C4H10ClN.CH2O3.CO2.Ca.2ClH.H2O/c4*1-3-4-5-6-7(9)8-2;4*1-6(2)4-3-5;2-1(3)4;2-1-3;;;;/h4*3-6H2,1-2H3,(H,8,9);4*3-4H2,1-2H3;(H2,2,3,4);;;2*1H;1H2/q;;;;;;;;;;+2;;;/p-2. The Morgan fingerprint density at radius 3 is 0.690 bits per heavy atom. The predicted octanol–water partition coefficient (Wildman–Crippen LogP) is -4.66. The second-order valence-corrected chi connectivity index (χ2v) is 16.6. The average molecular weight is 1180 g/mol. The van der Waals surface area contributed by atoms with Crippen molar-refractivity contribution >= 4 is 120 Å². The zero-order valence-corrected chi connectivity index (χ0v) is 53.8. The summed E-state index contributed by atoms with van der Waals surface area (Å²) in [5.74, 6) is 3.61. The molecule has 25 heteroatoms. The molecule has 0 rings (SSSR count). The van der Waals surface area contributed by atoms with Gasteiger partial charge in [-0.15, -0.1) is 46.4 Å². The summed E-state index contributed by atoms with van der Waals surface area (Å²) in [6.45, 7) is 12.6. The number of unbranched alkanes of at least 4 members (excludes halogenated alkanes) is 8. The van der Waals surface area contributed by atoms with Crippen molar-refractivity contribution < 1.29 is 83.9 Å². The Bertz CT molecular complexity index is 890. The molecule has 0 aromatic rings. The van der Waals surface area contributed by atoms with Gasteiger partial charge in [-0.1, -0.05) is 79.1 Å². The SMILES string of the molecule is CCCCCC(=O)NC.CCCCCC(=O)NC.CCCCCC(=O)NC.CCCCCC(=O)NC.CN(C)CCCl.CN(C)CCCl.C[NH+](C)CCCl.C[NH+](C)CCCl.O.O=C([O-])[O-].O=C=O.[Ca+2].[Cl-].[Cl-]. The Labute approximate surface area is 495 Å². The van der Waals surface area contributed by atoms with Gasteiger partial charge in [0.1, 0.15) is 0 Å². The van der Waals surface area contributed by atoms with Crippen molar-refractivity contribution in [2.45, 2.75) is 130 Å². The van der Waals surface area contributed by atoms with Gasteiger partial charge in [0.15, 0.2) is 0 Å². The van der Waals surface area contributed by atoms with Gasteiger partial charge in [-0.05, 0) is 60.0 Å². The largest absolute Gasteiger partial charge is 2.00 e. The molecule has 0 aromatic carbocycles. The van der Waals surface area contributed by atoms with Crippen LogP contribution in [0.1, 0.15) is 130 Å². The number of amides is 4. The minimum atomic E-state index is -2.33. The Morgan fingerprint density at radius 1 is 0.465 bits per heavy atom. The number of alkyl halides is 4. The van der Waals surface area contributed by atoms with E-state index in [-0.39, 0.29) is 97.8 Å². The number of halogens is 6. The van der Waals surface area contributed by atoms with Gasteiger partial charge in [-0.3, -0.25) is 19.2 Å². The van der Waals surface area contributed by atoms with Gasteiger partial charge in [-0.2, -0.15) is 9.59 Å². The van der Waals surface area contributed by atoms with Crippen LogP contribution in [0.3, 0.4) is 0 Å². The van der Waals surface area contributed by atoms with Crippen LogP contribution in [0.15, 0.2) is 0 Å². The third kappa shape index (κ3) is 203. The van der Waals surface area contributed by atoms with Crippen LogP contribution in [0.25, 0.3) is 0 Å². The summed E-state index contributed by atoms with van der Waals surface area (Å²) in [4.78, 5) is 73.8. The van der Waals surface area contributed by atoms with Gasteiger partial charge < -0.3 is 86.2 Å². The van der Waals surface area contributed by atoms with Gasteiger partial charge >= 0.3 is 43.9 Å². The van der Waals surface area contributed by atoms with Crippen LogP contribution in [-0.4, -0.2) is 223 Å². The maximum atomic E-state index is 10.6. The smallest absolute Gasteiger partial charge is 1.00 e. The Kier molecular flexibility index (Phi) is 159. The first kappa shape index (κ1) is 107. The molecule has 0 aromatic heterocycles. The van der Waals surface area contributed by atoms with E-state index in [0.29, 0.717) is 25.7 Å². The monoisotopic (exact) mass is 1180 g/mol. The van der Waals surface area contributed by atoms with Crippen molar-refractivity contribution in [1.29, 1.82) is 0 Å². The second kappa shape index (κ2) is 106. The van der Waals surface area contributed by atoms with E-state index in [4.69, 9.17) is 71.0 Å². The molecule has 0 aliphatic rings. The Balaban J connectivity index is -0.0000000427. The summed E-state index contributed by atoms with van der Waals surface area (Å²) in [6, 6.07) is 0. The van der Waals surface area contributed by atoms with E-state index in [1.165, 1.54) is 35.5 Å². The third-order valence-corrected chi connectivity index (χ3v) is 8.11. The molecule has 0 fully saturated rings. The first-order valence-electron chi connectivity index (χ1n) is 23.3. The van der Waals surface area contributed by atoms with Crippen molar-refractivity contribution in [3.05, 3.63) is 0 Å². The average Bonchev–Trinajstić information content (AvgIpc) is 3.25. The zero-order valence-electron chi connectivity index (χ0n) is 47.0. The summed E-state index contributed by atoms with van der Waals surface area (Å²) < 4.78 is 0. The zero-order chi connectivity index (χ0) is 54.7. The van der Waals surface area contributed by atoms with Crippen LogP contribution in [0.4, 0.5) is 4.79 Å². The quantitative estimate of drug-likeness (QED) is 0.0304. The number of carbonyl (C=O) groups is 5. The molecule has 0 saturated carbocycles. The van der Waals surface area contributed by atoms with E-state index in [9.17, 15) is 19.2 Å². The fourth-order valence-corrected chi connectivity index (χ4v) is 4.79. The fourth-order valence-electron chi connectivity index (χ4n) is 3.36. The number of hydrogen-bond acceptors (Lipinski definition) is 11. The van der Waals surface area contributed by atoms with Gasteiger partial charge in [0, 0.05) is 78.7 Å². The number of carboxylic acid groups (broad SMARTS) is 2. The molecule has 71 heavy (non-hydrogen) atoms.